The Morgan fingerprint density at radius 3 is 3.00 bits per heavy atom. The van der Waals surface area contributed by atoms with Crippen LogP contribution in [-0.2, 0) is 0 Å². The fourth-order valence-electron chi connectivity index (χ4n) is 1.38. The molecule has 1 amide bonds. The van der Waals surface area contributed by atoms with Crippen LogP contribution in [-0.4, -0.2) is 54.7 Å². The van der Waals surface area contributed by atoms with E-state index in [9.17, 15) is 4.79 Å². The molecule has 0 aliphatic heterocycles. The van der Waals surface area contributed by atoms with E-state index in [4.69, 9.17) is 5.11 Å². The van der Waals surface area contributed by atoms with Crippen LogP contribution >= 0.6 is 0 Å². The Balaban J connectivity index is 2.71. The summed E-state index contributed by atoms with van der Waals surface area (Å²) in [5, 5.41) is 11.5. The van der Waals surface area contributed by atoms with E-state index in [1.54, 1.807) is 18.3 Å². The van der Waals surface area contributed by atoms with Gasteiger partial charge < -0.3 is 15.3 Å². The van der Waals surface area contributed by atoms with E-state index in [1.165, 1.54) is 0 Å². The topological polar surface area (TPSA) is 65.5 Å². The lowest BCUT2D eigenvalue weighted by atomic mass is 10.2. The minimum absolute atomic E-state index is 0.0115. The highest BCUT2D eigenvalue weighted by Crippen LogP contribution is 2.03. The normalized spacial score (nSPS) is 9.89. The Morgan fingerprint density at radius 2 is 2.32 bits per heavy atom. The van der Waals surface area contributed by atoms with Gasteiger partial charge in [-0.05, 0) is 26.2 Å². The van der Waals surface area contributed by atoms with Crippen LogP contribution in [0, 0.1) is 11.8 Å². The van der Waals surface area contributed by atoms with Crippen LogP contribution in [0.3, 0.4) is 0 Å². The molecule has 5 nitrogen and oxygen atoms in total. The first-order valence-electron chi connectivity index (χ1n) is 6.13. The van der Waals surface area contributed by atoms with Gasteiger partial charge in [-0.25, -0.2) is 4.98 Å². The zero-order valence-electron chi connectivity index (χ0n) is 11.3. The summed E-state index contributed by atoms with van der Waals surface area (Å²) in [6, 6.07) is 3.48. The number of nitrogens with zero attached hydrogens (tertiary/aromatic N) is 2. The first-order chi connectivity index (χ1) is 9.15. The highest BCUT2D eigenvalue weighted by Gasteiger charge is 2.10. The Bertz CT molecular complexity index is 475. The molecule has 5 heteroatoms. The fourth-order valence-corrected chi connectivity index (χ4v) is 1.38. The van der Waals surface area contributed by atoms with Gasteiger partial charge in [-0.3, -0.25) is 4.79 Å². The summed E-state index contributed by atoms with van der Waals surface area (Å²) in [7, 11) is 3.89. The van der Waals surface area contributed by atoms with Crippen molar-refractivity contribution in [3.63, 3.8) is 0 Å². The van der Waals surface area contributed by atoms with Crippen molar-refractivity contribution in [2.24, 2.45) is 0 Å². The number of aliphatic hydroxyl groups is 1. The lowest BCUT2D eigenvalue weighted by Gasteiger charge is -2.10. The van der Waals surface area contributed by atoms with Crippen molar-refractivity contribution >= 4 is 5.91 Å². The second kappa shape index (κ2) is 8.25. The van der Waals surface area contributed by atoms with Gasteiger partial charge in [-0.2, -0.15) is 0 Å². The SMILES string of the molecule is CN(C)CCNC(=O)c1ncccc1C#CCCO. The predicted octanol–water partition coefficient (Wildman–Crippen LogP) is 0.107. The third-order valence-corrected chi connectivity index (χ3v) is 2.33. The maximum Gasteiger partial charge on any atom is 0.271 e. The molecular weight excluding hydrogens is 242 g/mol. The Labute approximate surface area is 113 Å². The zero-order chi connectivity index (χ0) is 14.1. The number of amides is 1. The summed E-state index contributed by atoms with van der Waals surface area (Å²) in [4.78, 5) is 18.0. The smallest absolute Gasteiger partial charge is 0.271 e. The number of pyridine rings is 1. The molecule has 1 heterocycles. The Hall–Kier alpha value is -1.90. The van der Waals surface area contributed by atoms with Crippen molar-refractivity contribution in [1.82, 2.24) is 15.2 Å². The summed E-state index contributed by atoms with van der Waals surface area (Å²) >= 11 is 0. The quantitative estimate of drug-likeness (QED) is 0.738. The molecule has 0 unspecified atom stereocenters. The molecule has 0 aliphatic carbocycles. The monoisotopic (exact) mass is 261 g/mol. The minimum atomic E-state index is -0.226. The summed E-state index contributed by atoms with van der Waals surface area (Å²) in [5.74, 6) is 5.42. The predicted molar refractivity (Wildman–Crippen MR) is 73.7 cm³/mol. The average Bonchev–Trinajstić information content (AvgIpc) is 2.39. The van der Waals surface area contributed by atoms with Crippen molar-refractivity contribution in [2.45, 2.75) is 6.42 Å². The molecular formula is C14H19N3O2. The van der Waals surface area contributed by atoms with E-state index in [1.807, 2.05) is 19.0 Å². The van der Waals surface area contributed by atoms with Gasteiger partial charge in [0, 0.05) is 25.7 Å². The highest BCUT2D eigenvalue weighted by atomic mass is 16.2. The fraction of sp³-hybridized carbons (Fsp3) is 0.429. The average molecular weight is 261 g/mol. The zero-order valence-corrected chi connectivity index (χ0v) is 11.3. The number of likely N-dealkylation sites (N-methyl/N-ethyl adjacent to an activating group) is 1. The summed E-state index contributed by atoms with van der Waals surface area (Å²) in [5.41, 5.74) is 0.907. The standard InChI is InChI=1S/C14H19N3O2/c1-17(2)10-9-16-14(19)13-12(6-3-4-11-18)7-5-8-15-13/h5,7-8,18H,4,9-11H2,1-2H3,(H,16,19). The van der Waals surface area contributed by atoms with E-state index in [0.29, 0.717) is 24.2 Å². The molecule has 0 radical (unpaired) electrons. The van der Waals surface area contributed by atoms with Crippen molar-refractivity contribution in [1.29, 1.82) is 0 Å². The summed E-state index contributed by atoms with van der Waals surface area (Å²) in [6.45, 7) is 1.34. The molecule has 1 aromatic heterocycles. The molecule has 0 aliphatic rings. The van der Waals surface area contributed by atoms with Crippen LogP contribution in [0.4, 0.5) is 0 Å². The van der Waals surface area contributed by atoms with Gasteiger partial charge in [0.25, 0.3) is 5.91 Å². The van der Waals surface area contributed by atoms with E-state index in [0.717, 1.165) is 6.54 Å². The largest absolute Gasteiger partial charge is 0.395 e. The van der Waals surface area contributed by atoms with Crippen LogP contribution in [0.15, 0.2) is 18.3 Å². The van der Waals surface area contributed by atoms with Crippen LogP contribution in [0.5, 0.6) is 0 Å². The van der Waals surface area contributed by atoms with Gasteiger partial charge in [0.2, 0.25) is 0 Å². The lowest BCUT2D eigenvalue weighted by Crippen LogP contribution is -2.32. The van der Waals surface area contributed by atoms with E-state index in [2.05, 4.69) is 22.1 Å². The molecule has 0 saturated heterocycles. The molecule has 0 saturated carbocycles. The second-order valence-corrected chi connectivity index (χ2v) is 4.23. The molecule has 1 rings (SSSR count). The highest BCUT2D eigenvalue weighted by molar-refractivity contribution is 5.94. The second-order valence-electron chi connectivity index (χ2n) is 4.23. The van der Waals surface area contributed by atoms with Gasteiger partial charge in [0.1, 0.15) is 5.69 Å². The molecule has 2 N–H and O–H groups in total. The maximum atomic E-state index is 12.0. The van der Waals surface area contributed by atoms with Crippen molar-refractivity contribution in [2.75, 3.05) is 33.8 Å². The van der Waals surface area contributed by atoms with Crippen LogP contribution in [0.25, 0.3) is 0 Å². The van der Waals surface area contributed by atoms with E-state index >= 15 is 0 Å². The van der Waals surface area contributed by atoms with Gasteiger partial charge >= 0.3 is 0 Å². The summed E-state index contributed by atoms with van der Waals surface area (Å²) in [6.07, 6.45) is 1.95. The first kappa shape index (κ1) is 15.2. The number of nitrogens with one attached hydrogen (secondary N) is 1. The molecule has 0 spiro atoms. The summed E-state index contributed by atoms with van der Waals surface area (Å²) < 4.78 is 0. The minimum Gasteiger partial charge on any atom is -0.395 e. The van der Waals surface area contributed by atoms with Crippen molar-refractivity contribution in [3.8, 4) is 11.8 Å². The number of hydrogen-bond donors (Lipinski definition) is 2. The molecule has 1 aromatic rings. The number of rotatable bonds is 5. The van der Waals surface area contributed by atoms with Crippen molar-refractivity contribution < 1.29 is 9.90 Å². The molecule has 0 atom stereocenters. The molecule has 0 aromatic carbocycles. The first-order valence-corrected chi connectivity index (χ1v) is 6.13. The third-order valence-electron chi connectivity index (χ3n) is 2.33. The lowest BCUT2D eigenvalue weighted by molar-refractivity contribution is 0.0946. The van der Waals surface area contributed by atoms with Crippen LogP contribution in [0.2, 0.25) is 0 Å². The Morgan fingerprint density at radius 1 is 1.53 bits per heavy atom. The number of carbonyl (C=O) groups excluding carboxylic acids is 1. The Kier molecular flexibility index (Phi) is 6.58. The van der Waals surface area contributed by atoms with E-state index < -0.39 is 0 Å². The van der Waals surface area contributed by atoms with Gasteiger partial charge in [0.15, 0.2) is 0 Å². The molecule has 0 fully saturated rings. The van der Waals surface area contributed by atoms with Gasteiger partial charge in [0.05, 0.1) is 12.2 Å². The maximum absolute atomic E-state index is 12.0. The molecule has 0 bridgehead atoms. The van der Waals surface area contributed by atoms with Gasteiger partial charge in [-0.15, -0.1) is 0 Å². The third kappa shape index (κ3) is 5.51. The van der Waals surface area contributed by atoms with E-state index in [-0.39, 0.29) is 12.5 Å². The number of carbonyl (C=O) groups is 1. The van der Waals surface area contributed by atoms with Gasteiger partial charge in [-0.1, -0.05) is 11.8 Å². The molecule has 102 valence electrons. The number of aliphatic hydroxyl groups excluding tert-OH is 1. The van der Waals surface area contributed by atoms with Crippen molar-refractivity contribution in [3.05, 3.63) is 29.6 Å². The number of aromatic nitrogens is 1. The number of hydrogen-bond acceptors (Lipinski definition) is 4. The van der Waals surface area contributed by atoms with Crippen LogP contribution in [0.1, 0.15) is 22.5 Å². The van der Waals surface area contributed by atoms with Crippen LogP contribution < -0.4 is 5.32 Å². The molecule has 19 heavy (non-hydrogen) atoms.